The molecule has 0 N–H and O–H groups in total. The van der Waals surface area contributed by atoms with Gasteiger partial charge in [-0.15, -0.1) is 0 Å². The van der Waals surface area contributed by atoms with Gasteiger partial charge in [-0.25, -0.2) is 5.01 Å². The lowest BCUT2D eigenvalue weighted by Crippen LogP contribution is -2.40. The lowest BCUT2D eigenvalue weighted by Gasteiger charge is -2.28. The fraction of sp³-hybridized carbons (Fsp3) is 0.500. The highest BCUT2D eigenvalue weighted by atomic mass is 16.5. The molecule has 7 nitrogen and oxygen atoms in total. The number of carbonyl (C=O) groups excluding carboxylic acids is 2. The first-order chi connectivity index (χ1) is 12.0. The summed E-state index contributed by atoms with van der Waals surface area (Å²) in [5.41, 5.74) is 1.47. The Morgan fingerprint density at radius 2 is 1.96 bits per heavy atom. The summed E-state index contributed by atoms with van der Waals surface area (Å²) < 4.78 is 10.7. The molecule has 2 heterocycles. The van der Waals surface area contributed by atoms with Crippen molar-refractivity contribution in [2.75, 3.05) is 27.8 Å². The second kappa shape index (κ2) is 7.13. The minimum absolute atomic E-state index is 0.0158. The number of rotatable bonds is 4. The molecule has 1 atom stereocenters. The summed E-state index contributed by atoms with van der Waals surface area (Å²) in [5.74, 6) is 1.17. The van der Waals surface area contributed by atoms with Gasteiger partial charge < -0.3 is 14.4 Å². The average Bonchev–Trinajstić information content (AvgIpc) is 3.12. The Balaban J connectivity index is 1.84. The van der Waals surface area contributed by atoms with Crippen LogP contribution in [-0.2, 0) is 9.59 Å². The van der Waals surface area contributed by atoms with Crippen molar-refractivity contribution < 1.29 is 19.1 Å². The zero-order valence-electron chi connectivity index (χ0n) is 14.8. The van der Waals surface area contributed by atoms with Gasteiger partial charge in [-0.05, 0) is 30.5 Å². The number of ether oxygens (including phenoxy) is 2. The molecule has 1 aromatic carbocycles. The van der Waals surface area contributed by atoms with E-state index in [9.17, 15) is 9.59 Å². The van der Waals surface area contributed by atoms with Crippen molar-refractivity contribution in [2.45, 2.75) is 31.7 Å². The third kappa shape index (κ3) is 3.31. The number of carbonyl (C=O) groups is 2. The molecule has 0 radical (unpaired) electrons. The molecule has 2 aliphatic heterocycles. The van der Waals surface area contributed by atoms with Crippen molar-refractivity contribution in [2.24, 2.45) is 5.10 Å². The van der Waals surface area contributed by atoms with Crippen LogP contribution < -0.4 is 9.47 Å². The summed E-state index contributed by atoms with van der Waals surface area (Å²) in [6, 6.07) is 5.74. The quantitative estimate of drug-likeness (QED) is 0.836. The van der Waals surface area contributed by atoms with Crippen molar-refractivity contribution in [1.82, 2.24) is 9.91 Å². The van der Waals surface area contributed by atoms with Gasteiger partial charge in [0.25, 0.3) is 5.91 Å². The topological polar surface area (TPSA) is 71.4 Å². The van der Waals surface area contributed by atoms with Crippen LogP contribution in [0.3, 0.4) is 0 Å². The maximum absolute atomic E-state index is 12.9. The molecule has 25 heavy (non-hydrogen) atoms. The van der Waals surface area contributed by atoms with Crippen LogP contribution >= 0.6 is 0 Å². The zero-order chi connectivity index (χ0) is 18.0. The molecular weight excluding hydrogens is 322 g/mol. The molecular formula is C18H23N3O4. The van der Waals surface area contributed by atoms with Gasteiger partial charge in [0.05, 0.1) is 20.3 Å². The normalized spacial score (nSPS) is 20.5. The molecule has 0 bridgehead atoms. The van der Waals surface area contributed by atoms with Crippen LogP contribution in [0.15, 0.2) is 23.3 Å². The van der Waals surface area contributed by atoms with Crippen molar-refractivity contribution in [3.8, 4) is 11.5 Å². The van der Waals surface area contributed by atoms with E-state index in [1.807, 2.05) is 23.1 Å². The number of amides is 2. The van der Waals surface area contributed by atoms with Gasteiger partial charge in [0.1, 0.15) is 5.71 Å². The number of hydrogen-bond acceptors (Lipinski definition) is 5. The highest BCUT2D eigenvalue weighted by Crippen LogP contribution is 2.37. The van der Waals surface area contributed by atoms with E-state index < -0.39 is 0 Å². The molecule has 7 heteroatoms. The molecule has 2 aliphatic rings. The third-order valence-electron chi connectivity index (χ3n) is 4.76. The summed E-state index contributed by atoms with van der Waals surface area (Å²) in [6.07, 6.45) is 2.56. The van der Waals surface area contributed by atoms with Gasteiger partial charge >= 0.3 is 0 Å². The molecule has 0 unspecified atom stereocenters. The molecule has 1 fully saturated rings. The molecule has 1 saturated heterocycles. The highest BCUT2D eigenvalue weighted by molar-refractivity contribution is 6.39. The lowest BCUT2D eigenvalue weighted by molar-refractivity contribution is -0.130. The van der Waals surface area contributed by atoms with Gasteiger partial charge in [-0.2, -0.15) is 5.10 Å². The van der Waals surface area contributed by atoms with Crippen molar-refractivity contribution in [1.29, 1.82) is 0 Å². The molecule has 0 spiro atoms. The van der Waals surface area contributed by atoms with Crippen LogP contribution in [0.5, 0.6) is 11.5 Å². The van der Waals surface area contributed by atoms with E-state index in [0.717, 1.165) is 18.4 Å². The van der Waals surface area contributed by atoms with Gasteiger partial charge in [0.15, 0.2) is 11.5 Å². The first kappa shape index (κ1) is 17.3. The number of hydrogen-bond donors (Lipinski definition) is 0. The zero-order valence-corrected chi connectivity index (χ0v) is 14.8. The Kier molecular flexibility index (Phi) is 4.92. The van der Waals surface area contributed by atoms with Gasteiger partial charge in [0, 0.05) is 26.4 Å². The van der Waals surface area contributed by atoms with E-state index in [2.05, 4.69) is 5.10 Å². The second-order valence-electron chi connectivity index (χ2n) is 6.24. The molecule has 134 valence electrons. The van der Waals surface area contributed by atoms with Crippen LogP contribution in [-0.4, -0.2) is 55.2 Å². The monoisotopic (exact) mass is 345 g/mol. The predicted molar refractivity (Wildman–Crippen MR) is 92.7 cm³/mol. The number of benzene rings is 1. The van der Waals surface area contributed by atoms with Gasteiger partial charge in [-0.3, -0.25) is 9.59 Å². The summed E-state index contributed by atoms with van der Waals surface area (Å²) in [6.45, 7) is 0.689. The lowest BCUT2D eigenvalue weighted by atomic mass is 10.0. The number of nitrogens with zero attached hydrogens (tertiary/aromatic N) is 3. The number of likely N-dealkylation sites (tertiary alicyclic amines) is 1. The van der Waals surface area contributed by atoms with Crippen LogP contribution in [0.1, 0.15) is 37.3 Å². The van der Waals surface area contributed by atoms with E-state index in [1.165, 1.54) is 5.01 Å². The van der Waals surface area contributed by atoms with Crippen molar-refractivity contribution in [3.05, 3.63) is 23.8 Å². The largest absolute Gasteiger partial charge is 0.493 e. The molecule has 0 aromatic heterocycles. The van der Waals surface area contributed by atoms with Crippen molar-refractivity contribution in [3.63, 3.8) is 0 Å². The fourth-order valence-corrected chi connectivity index (χ4v) is 3.41. The Labute approximate surface area is 147 Å². The molecule has 0 aliphatic carbocycles. The third-order valence-corrected chi connectivity index (χ3v) is 4.76. The van der Waals surface area contributed by atoms with Crippen LogP contribution in [0.25, 0.3) is 0 Å². The summed E-state index contributed by atoms with van der Waals surface area (Å²) in [5, 5.41) is 5.42. The summed E-state index contributed by atoms with van der Waals surface area (Å²) >= 11 is 0. The molecule has 2 amide bonds. The molecule has 0 saturated carbocycles. The van der Waals surface area contributed by atoms with Gasteiger partial charge in [0.2, 0.25) is 5.91 Å². The average molecular weight is 345 g/mol. The Hall–Kier alpha value is -2.57. The maximum Gasteiger partial charge on any atom is 0.270 e. The smallest absolute Gasteiger partial charge is 0.270 e. The fourth-order valence-electron chi connectivity index (χ4n) is 3.41. The molecule has 1 aromatic rings. The highest BCUT2D eigenvalue weighted by Gasteiger charge is 2.34. The minimum atomic E-state index is -0.0864. The maximum atomic E-state index is 12.9. The van der Waals surface area contributed by atoms with Crippen molar-refractivity contribution >= 4 is 17.5 Å². The Morgan fingerprint density at radius 1 is 1.20 bits per heavy atom. The van der Waals surface area contributed by atoms with E-state index in [1.54, 1.807) is 21.3 Å². The molecule has 3 rings (SSSR count). The Bertz CT molecular complexity index is 716. The summed E-state index contributed by atoms with van der Waals surface area (Å²) in [4.78, 5) is 26.3. The van der Waals surface area contributed by atoms with Crippen LogP contribution in [0.4, 0.5) is 0 Å². The summed E-state index contributed by atoms with van der Waals surface area (Å²) in [7, 11) is 4.79. The first-order valence-corrected chi connectivity index (χ1v) is 8.42. The van der Waals surface area contributed by atoms with E-state index in [4.69, 9.17) is 9.47 Å². The van der Waals surface area contributed by atoms with E-state index in [0.29, 0.717) is 36.6 Å². The SMILES string of the molecule is COc1ccc([C@H]2CCCN2C(=O)C2=NN(C)C(=O)CC2)cc1OC. The standard InChI is InChI=1S/C18H23N3O4/c1-20-17(22)9-7-13(19-20)18(23)21-10-4-5-14(21)12-6-8-15(24-2)16(11-12)25-3/h6,8,11,14H,4-5,7,9-10H2,1-3H3/t14-/m1/s1. The minimum Gasteiger partial charge on any atom is -0.493 e. The van der Waals surface area contributed by atoms with E-state index >= 15 is 0 Å². The second-order valence-corrected chi connectivity index (χ2v) is 6.24. The van der Waals surface area contributed by atoms with Crippen LogP contribution in [0.2, 0.25) is 0 Å². The number of methoxy groups -OCH3 is 2. The number of hydrazone groups is 1. The Morgan fingerprint density at radius 3 is 2.64 bits per heavy atom. The van der Waals surface area contributed by atoms with Crippen LogP contribution in [0, 0.1) is 0 Å². The van der Waals surface area contributed by atoms with Gasteiger partial charge in [-0.1, -0.05) is 6.07 Å². The first-order valence-electron chi connectivity index (χ1n) is 8.42. The van der Waals surface area contributed by atoms with E-state index in [-0.39, 0.29) is 17.9 Å². The predicted octanol–water partition coefficient (Wildman–Crippen LogP) is 1.98.